The third kappa shape index (κ3) is 2.46. The summed E-state index contributed by atoms with van der Waals surface area (Å²) in [7, 11) is 0. The Hall–Kier alpha value is -2.70. The Balaban J connectivity index is 2.38. The number of pyridine rings is 1. The zero-order valence-corrected chi connectivity index (χ0v) is 12.8. The maximum atomic E-state index is 14.3. The van der Waals surface area contributed by atoms with Gasteiger partial charge in [-0.3, -0.25) is 9.78 Å². The zero-order valence-electron chi connectivity index (χ0n) is 12.8. The van der Waals surface area contributed by atoms with Crippen LogP contribution in [0.2, 0.25) is 0 Å². The number of alkyl halides is 3. The highest BCUT2D eigenvalue weighted by molar-refractivity contribution is 5.79. The number of rotatable bonds is 4. The molecule has 0 amide bonds. The van der Waals surface area contributed by atoms with Crippen LogP contribution in [0.4, 0.5) is 13.2 Å². The summed E-state index contributed by atoms with van der Waals surface area (Å²) in [5.41, 5.74) is -2.06. The number of halogens is 3. The molecule has 0 N–H and O–H groups in total. The predicted molar refractivity (Wildman–Crippen MR) is 82.4 cm³/mol. The Morgan fingerprint density at radius 3 is 2.46 bits per heavy atom. The molecule has 0 radical (unpaired) electrons. The summed E-state index contributed by atoms with van der Waals surface area (Å²) in [4.78, 5) is 15.8. The molecule has 1 aromatic carbocycles. The van der Waals surface area contributed by atoms with Gasteiger partial charge in [-0.2, -0.15) is 18.3 Å². The standard InChI is InChI=1S/C17H14F3N3O/c1-12(24)10-16(17(18,19)20,13-6-3-2-4-7-13)23-15-8-5-9-21-14(15)11-22-23/h2-9,11H,10H2,1H3. The average molecular weight is 333 g/mol. The number of aromatic nitrogens is 3. The molecule has 1 atom stereocenters. The fraction of sp³-hybridized carbons (Fsp3) is 0.235. The van der Waals surface area contributed by atoms with E-state index in [1.807, 2.05) is 0 Å². The van der Waals surface area contributed by atoms with Crippen LogP contribution in [0.25, 0.3) is 11.0 Å². The lowest BCUT2D eigenvalue weighted by Crippen LogP contribution is -2.50. The summed E-state index contributed by atoms with van der Waals surface area (Å²) >= 11 is 0. The molecule has 1 unspecified atom stereocenters. The van der Waals surface area contributed by atoms with Crippen LogP contribution in [0, 0.1) is 0 Å². The lowest BCUT2D eigenvalue weighted by molar-refractivity contribution is -0.204. The van der Waals surface area contributed by atoms with E-state index < -0.39 is 23.9 Å². The highest BCUT2D eigenvalue weighted by Crippen LogP contribution is 2.46. The monoisotopic (exact) mass is 333 g/mol. The smallest absolute Gasteiger partial charge is 0.300 e. The van der Waals surface area contributed by atoms with Gasteiger partial charge in [-0.1, -0.05) is 30.3 Å². The SMILES string of the molecule is CC(=O)CC(c1ccccc1)(n1ncc2ncccc21)C(F)(F)F. The molecule has 7 heteroatoms. The second kappa shape index (κ2) is 5.74. The van der Waals surface area contributed by atoms with Gasteiger partial charge in [-0.05, 0) is 24.6 Å². The largest absolute Gasteiger partial charge is 0.418 e. The van der Waals surface area contributed by atoms with Crippen LogP contribution >= 0.6 is 0 Å². The molecule has 0 fully saturated rings. The van der Waals surface area contributed by atoms with Crippen molar-refractivity contribution in [3.63, 3.8) is 0 Å². The van der Waals surface area contributed by atoms with Gasteiger partial charge < -0.3 is 0 Å². The first-order chi connectivity index (χ1) is 11.4. The maximum absolute atomic E-state index is 14.3. The highest BCUT2D eigenvalue weighted by atomic mass is 19.4. The van der Waals surface area contributed by atoms with Gasteiger partial charge in [0, 0.05) is 12.6 Å². The molecule has 24 heavy (non-hydrogen) atoms. The Kier molecular flexibility index (Phi) is 3.87. The number of carbonyl (C=O) groups is 1. The van der Waals surface area contributed by atoms with Crippen molar-refractivity contribution in [3.8, 4) is 0 Å². The van der Waals surface area contributed by atoms with Crippen LogP contribution in [0.15, 0.2) is 54.9 Å². The van der Waals surface area contributed by atoms with Crippen LogP contribution in [0.1, 0.15) is 18.9 Å². The molecule has 124 valence electrons. The Bertz CT molecular complexity index is 873. The van der Waals surface area contributed by atoms with Crippen molar-refractivity contribution in [3.05, 3.63) is 60.4 Å². The molecule has 0 saturated heterocycles. The molecule has 0 saturated carbocycles. The van der Waals surface area contributed by atoms with Crippen molar-refractivity contribution in [2.24, 2.45) is 0 Å². The number of nitrogens with zero attached hydrogens (tertiary/aromatic N) is 3. The van der Waals surface area contributed by atoms with Gasteiger partial charge >= 0.3 is 6.18 Å². The molecule has 3 aromatic rings. The molecule has 2 heterocycles. The Morgan fingerprint density at radius 1 is 1.12 bits per heavy atom. The topological polar surface area (TPSA) is 47.8 Å². The van der Waals surface area contributed by atoms with E-state index in [1.165, 1.54) is 42.7 Å². The number of hydrogen-bond donors (Lipinski definition) is 0. The van der Waals surface area contributed by atoms with E-state index in [0.29, 0.717) is 5.52 Å². The van der Waals surface area contributed by atoms with E-state index in [4.69, 9.17) is 0 Å². The first kappa shape index (κ1) is 16.2. The van der Waals surface area contributed by atoms with Crippen molar-refractivity contribution < 1.29 is 18.0 Å². The van der Waals surface area contributed by atoms with Crippen LogP contribution in [-0.2, 0) is 10.3 Å². The first-order valence-electron chi connectivity index (χ1n) is 7.27. The summed E-state index contributed by atoms with van der Waals surface area (Å²) in [5.74, 6) is -0.580. The van der Waals surface area contributed by atoms with Gasteiger partial charge in [0.15, 0.2) is 5.54 Å². The number of fused-ring (bicyclic) bond motifs is 1. The second-order valence-electron chi connectivity index (χ2n) is 5.57. The summed E-state index contributed by atoms with van der Waals surface area (Å²) in [5, 5.41) is 3.95. The molecular weight excluding hydrogens is 319 g/mol. The van der Waals surface area contributed by atoms with Crippen LogP contribution < -0.4 is 0 Å². The molecular formula is C17H14F3N3O. The highest BCUT2D eigenvalue weighted by Gasteiger charge is 2.59. The summed E-state index contributed by atoms with van der Waals surface area (Å²) < 4.78 is 43.7. The van der Waals surface area contributed by atoms with Gasteiger partial charge in [0.05, 0.1) is 11.7 Å². The van der Waals surface area contributed by atoms with Gasteiger partial charge in [0.1, 0.15) is 11.3 Å². The number of hydrogen-bond acceptors (Lipinski definition) is 3. The minimum absolute atomic E-state index is 0.0402. The summed E-state index contributed by atoms with van der Waals surface area (Å²) in [6.45, 7) is 1.15. The second-order valence-corrected chi connectivity index (χ2v) is 5.57. The molecule has 0 spiro atoms. The lowest BCUT2D eigenvalue weighted by Gasteiger charge is -2.36. The van der Waals surface area contributed by atoms with Crippen molar-refractivity contribution in [1.82, 2.24) is 14.8 Å². The van der Waals surface area contributed by atoms with Crippen molar-refractivity contribution in [2.75, 3.05) is 0 Å². The molecule has 0 aliphatic rings. The van der Waals surface area contributed by atoms with Crippen LogP contribution in [0.3, 0.4) is 0 Å². The average Bonchev–Trinajstić information content (AvgIpc) is 2.96. The first-order valence-corrected chi connectivity index (χ1v) is 7.27. The Morgan fingerprint density at radius 2 is 1.83 bits per heavy atom. The van der Waals surface area contributed by atoms with Gasteiger partial charge in [-0.25, -0.2) is 4.68 Å². The van der Waals surface area contributed by atoms with Crippen molar-refractivity contribution in [2.45, 2.75) is 25.1 Å². The number of benzene rings is 1. The summed E-state index contributed by atoms with van der Waals surface area (Å²) in [6, 6.07) is 10.4. The molecule has 0 aliphatic heterocycles. The normalized spacial score (nSPS) is 14.5. The predicted octanol–water partition coefficient (Wildman–Crippen LogP) is 3.72. The minimum Gasteiger partial charge on any atom is -0.300 e. The van der Waals surface area contributed by atoms with E-state index >= 15 is 0 Å². The third-order valence-electron chi connectivity index (χ3n) is 3.93. The number of ketones is 1. The van der Waals surface area contributed by atoms with Gasteiger partial charge in [-0.15, -0.1) is 0 Å². The maximum Gasteiger partial charge on any atom is 0.418 e. The third-order valence-corrected chi connectivity index (χ3v) is 3.93. The quantitative estimate of drug-likeness (QED) is 0.731. The van der Waals surface area contributed by atoms with Crippen LogP contribution in [0.5, 0.6) is 0 Å². The summed E-state index contributed by atoms with van der Waals surface area (Å²) in [6.07, 6.45) is -2.71. The van der Waals surface area contributed by atoms with Gasteiger partial charge in [0.25, 0.3) is 0 Å². The Labute approximate surface area is 135 Å². The number of Topliss-reactive ketones (excluding diaryl/α,β-unsaturated/α-hetero) is 1. The fourth-order valence-electron chi connectivity index (χ4n) is 2.92. The fourth-order valence-corrected chi connectivity index (χ4v) is 2.92. The van der Waals surface area contributed by atoms with E-state index in [1.54, 1.807) is 12.1 Å². The zero-order chi connectivity index (χ0) is 17.4. The van der Waals surface area contributed by atoms with E-state index in [-0.39, 0.29) is 11.1 Å². The van der Waals surface area contributed by atoms with Crippen molar-refractivity contribution >= 4 is 16.8 Å². The molecule has 3 rings (SSSR count). The van der Waals surface area contributed by atoms with E-state index in [2.05, 4.69) is 10.1 Å². The molecule has 4 nitrogen and oxygen atoms in total. The molecule has 0 aliphatic carbocycles. The van der Waals surface area contributed by atoms with Crippen LogP contribution in [-0.4, -0.2) is 26.7 Å². The molecule has 0 bridgehead atoms. The molecule has 2 aromatic heterocycles. The van der Waals surface area contributed by atoms with E-state index in [9.17, 15) is 18.0 Å². The van der Waals surface area contributed by atoms with E-state index in [0.717, 1.165) is 11.6 Å². The lowest BCUT2D eigenvalue weighted by atomic mass is 9.84. The van der Waals surface area contributed by atoms with Gasteiger partial charge in [0.2, 0.25) is 0 Å². The minimum atomic E-state index is -4.73. The van der Waals surface area contributed by atoms with Crippen molar-refractivity contribution in [1.29, 1.82) is 0 Å². The number of carbonyl (C=O) groups excluding carboxylic acids is 1.